The first-order valence-electron chi connectivity index (χ1n) is 6.30. The maximum Gasteiger partial charge on any atom is 0.123 e. The molecule has 17 heavy (non-hydrogen) atoms. The summed E-state index contributed by atoms with van der Waals surface area (Å²) >= 11 is 0. The van der Waals surface area contributed by atoms with Crippen molar-refractivity contribution >= 4 is 0 Å². The highest BCUT2D eigenvalue weighted by molar-refractivity contribution is 5.15. The van der Waals surface area contributed by atoms with Gasteiger partial charge in [0.15, 0.2) is 0 Å². The van der Waals surface area contributed by atoms with Gasteiger partial charge in [-0.2, -0.15) is 0 Å². The molecule has 0 amide bonds. The molecule has 0 aliphatic carbocycles. The van der Waals surface area contributed by atoms with Gasteiger partial charge in [0, 0.05) is 12.6 Å². The normalized spacial score (nSPS) is 13.0. The fraction of sp³-hybridized carbons (Fsp3) is 0.571. The largest absolute Gasteiger partial charge is 0.328 e. The average molecular weight is 238 g/mol. The molecule has 0 saturated heterocycles. The number of rotatable bonds is 7. The van der Waals surface area contributed by atoms with E-state index < -0.39 is 0 Å². The van der Waals surface area contributed by atoms with Crippen LogP contribution in [-0.4, -0.2) is 24.5 Å². The van der Waals surface area contributed by atoms with E-state index >= 15 is 0 Å². The second kappa shape index (κ2) is 7.41. The van der Waals surface area contributed by atoms with Crippen molar-refractivity contribution < 1.29 is 4.39 Å². The highest BCUT2D eigenvalue weighted by Gasteiger charge is 2.05. The van der Waals surface area contributed by atoms with Gasteiger partial charge in [0.05, 0.1) is 0 Å². The summed E-state index contributed by atoms with van der Waals surface area (Å²) in [5, 5.41) is 0. The minimum absolute atomic E-state index is 0.179. The van der Waals surface area contributed by atoms with Crippen LogP contribution < -0.4 is 5.73 Å². The number of halogens is 1. The lowest BCUT2D eigenvalue weighted by Gasteiger charge is -2.19. The zero-order valence-corrected chi connectivity index (χ0v) is 10.8. The molecule has 1 rings (SSSR count). The van der Waals surface area contributed by atoms with E-state index in [1.807, 2.05) is 12.1 Å². The van der Waals surface area contributed by atoms with Crippen molar-refractivity contribution in [1.82, 2.24) is 4.90 Å². The quantitative estimate of drug-likeness (QED) is 0.791. The number of benzene rings is 1. The fourth-order valence-corrected chi connectivity index (χ4v) is 1.88. The molecule has 1 unspecified atom stereocenters. The van der Waals surface area contributed by atoms with E-state index in [1.54, 1.807) is 0 Å². The van der Waals surface area contributed by atoms with Gasteiger partial charge in [0.25, 0.3) is 0 Å². The lowest BCUT2D eigenvalue weighted by molar-refractivity contribution is 0.307. The molecule has 0 aliphatic heterocycles. The molecule has 0 spiro atoms. The standard InChI is InChI=1S/C14H23FN2/c1-3-4-14(16)9-10-17(2)11-12-5-7-13(15)8-6-12/h5-8,14H,3-4,9-11,16H2,1-2H3. The molecule has 0 radical (unpaired) electrons. The third-order valence-electron chi connectivity index (χ3n) is 2.91. The summed E-state index contributed by atoms with van der Waals surface area (Å²) in [4.78, 5) is 2.22. The van der Waals surface area contributed by atoms with Crippen LogP contribution in [0.25, 0.3) is 0 Å². The Kier molecular flexibility index (Phi) is 6.16. The van der Waals surface area contributed by atoms with E-state index in [-0.39, 0.29) is 5.82 Å². The zero-order valence-electron chi connectivity index (χ0n) is 10.8. The molecule has 0 bridgehead atoms. The Morgan fingerprint density at radius 2 is 1.88 bits per heavy atom. The van der Waals surface area contributed by atoms with Crippen LogP contribution in [0.1, 0.15) is 31.7 Å². The zero-order chi connectivity index (χ0) is 12.7. The number of hydrogen-bond donors (Lipinski definition) is 1. The summed E-state index contributed by atoms with van der Waals surface area (Å²) in [6.07, 6.45) is 3.25. The van der Waals surface area contributed by atoms with Crippen molar-refractivity contribution in [3.8, 4) is 0 Å². The maximum absolute atomic E-state index is 12.7. The van der Waals surface area contributed by atoms with Gasteiger partial charge >= 0.3 is 0 Å². The van der Waals surface area contributed by atoms with Crippen molar-refractivity contribution in [1.29, 1.82) is 0 Å². The Labute approximate surface area is 104 Å². The lowest BCUT2D eigenvalue weighted by Crippen LogP contribution is -2.27. The highest BCUT2D eigenvalue weighted by Crippen LogP contribution is 2.07. The molecule has 0 saturated carbocycles. The predicted molar refractivity (Wildman–Crippen MR) is 70.2 cm³/mol. The van der Waals surface area contributed by atoms with Gasteiger partial charge in [0.1, 0.15) is 5.82 Å². The van der Waals surface area contributed by atoms with E-state index in [1.165, 1.54) is 12.1 Å². The van der Waals surface area contributed by atoms with Crippen molar-refractivity contribution in [2.45, 2.75) is 38.8 Å². The molecule has 0 heterocycles. The van der Waals surface area contributed by atoms with Crippen LogP contribution in [0.15, 0.2) is 24.3 Å². The fourth-order valence-electron chi connectivity index (χ4n) is 1.88. The SMILES string of the molecule is CCCC(N)CCN(C)Cc1ccc(F)cc1. The Bertz CT molecular complexity index is 311. The van der Waals surface area contributed by atoms with Gasteiger partial charge in [-0.15, -0.1) is 0 Å². The van der Waals surface area contributed by atoms with Gasteiger partial charge in [-0.25, -0.2) is 4.39 Å². The predicted octanol–water partition coefficient (Wildman–Crippen LogP) is 2.78. The van der Waals surface area contributed by atoms with Crippen LogP contribution in [0.5, 0.6) is 0 Å². The topological polar surface area (TPSA) is 29.3 Å². The summed E-state index contributed by atoms with van der Waals surface area (Å²) in [5.74, 6) is -0.179. The van der Waals surface area contributed by atoms with Crippen LogP contribution in [0.2, 0.25) is 0 Å². The van der Waals surface area contributed by atoms with E-state index in [0.29, 0.717) is 6.04 Å². The Hall–Kier alpha value is -0.930. The molecule has 1 atom stereocenters. The summed E-state index contributed by atoms with van der Waals surface area (Å²) in [5.41, 5.74) is 7.11. The monoisotopic (exact) mass is 238 g/mol. The van der Waals surface area contributed by atoms with Gasteiger partial charge in [-0.3, -0.25) is 0 Å². The summed E-state index contributed by atoms with van der Waals surface area (Å²) < 4.78 is 12.7. The van der Waals surface area contributed by atoms with E-state index in [4.69, 9.17) is 5.73 Å². The lowest BCUT2D eigenvalue weighted by atomic mass is 10.1. The maximum atomic E-state index is 12.7. The molecule has 2 nitrogen and oxygen atoms in total. The second-order valence-electron chi connectivity index (χ2n) is 4.70. The second-order valence-corrected chi connectivity index (χ2v) is 4.70. The van der Waals surface area contributed by atoms with E-state index in [9.17, 15) is 4.39 Å². The molecule has 3 heteroatoms. The average Bonchev–Trinajstić information content (AvgIpc) is 2.30. The molecule has 0 fully saturated rings. The van der Waals surface area contributed by atoms with Crippen molar-refractivity contribution in [2.75, 3.05) is 13.6 Å². The van der Waals surface area contributed by atoms with Crippen molar-refractivity contribution in [3.63, 3.8) is 0 Å². The van der Waals surface area contributed by atoms with Gasteiger partial charge in [0.2, 0.25) is 0 Å². The summed E-state index contributed by atoms with van der Waals surface area (Å²) in [7, 11) is 2.07. The number of hydrogen-bond acceptors (Lipinski definition) is 2. The minimum atomic E-state index is -0.179. The van der Waals surface area contributed by atoms with E-state index in [0.717, 1.165) is 37.9 Å². The molecule has 1 aromatic carbocycles. The first kappa shape index (κ1) is 14.1. The van der Waals surface area contributed by atoms with Crippen LogP contribution >= 0.6 is 0 Å². The molecule has 1 aromatic rings. The minimum Gasteiger partial charge on any atom is -0.328 e. The highest BCUT2D eigenvalue weighted by atomic mass is 19.1. The van der Waals surface area contributed by atoms with Gasteiger partial charge < -0.3 is 10.6 Å². The molecule has 0 aromatic heterocycles. The van der Waals surface area contributed by atoms with Crippen molar-refractivity contribution in [3.05, 3.63) is 35.6 Å². The van der Waals surface area contributed by atoms with Gasteiger partial charge in [-0.05, 0) is 44.1 Å². The van der Waals surface area contributed by atoms with Crippen LogP contribution in [-0.2, 0) is 6.54 Å². The summed E-state index contributed by atoms with van der Waals surface area (Å²) in [6.45, 7) is 3.99. The third-order valence-corrected chi connectivity index (χ3v) is 2.91. The Morgan fingerprint density at radius 1 is 1.24 bits per heavy atom. The van der Waals surface area contributed by atoms with Crippen LogP contribution in [0.4, 0.5) is 4.39 Å². The third kappa shape index (κ3) is 5.80. The molecule has 2 N–H and O–H groups in total. The van der Waals surface area contributed by atoms with Gasteiger partial charge in [-0.1, -0.05) is 25.5 Å². The molecular weight excluding hydrogens is 215 g/mol. The number of nitrogens with zero attached hydrogens (tertiary/aromatic N) is 1. The Balaban J connectivity index is 2.29. The van der Waals surface area contributed by atoms with E-state index in [2.05, 4.69) is 18.9 Å². The first-order valence-corrected chi connectivity index (χ1v) is 6.30. The molecule has 96 valence electrons. The first-order chi connectivity index (χ1) is 8.11. The van der Waals surface area contributed by atoms with Crippen LogP contribution in [0.3, 0.4) is 0 Å². The van der Waals surface area contributed by atoms with Crippen molar-refractivity contribution in [2.24, 2.45) is 5.73 Å². The molecule has 0 aliphatic rings. The van der Waals surface area contributed by atoms with Crippen LogP contribution in [0, 0.1) is 5.82 Å². The smallest absolute Gasteiger partial charge is 0.123 e. The molecular formula is C14H23FN2. The number of nitrogens with two attached hydrogens (primary N) is 1. The Morgan fingerprint density at radius 3 is 2.47 bits per heavy atom. The summed E-state index contributed by atoms with van der Waals surface area (Å²) in [6, 6.07) is 6.98.